The van der Waals surface area contributed by atoms with E-state index < -0.39 is 5.60 Å². The predicted molar refractivity (Wildman–Crippen MR) is 91.3 cm³/mol. The van der Waals surface area contributed by atoms with Crippen LogP contribution in [-0.2, 0) is 6.54 Å². The van der Waals surface area contributed by atoms with Crippen LogP contribution in [-0.4, -0.2) is 48.8 Å². The standard InChI is InChI=1S/C17H29N3O2/c1-7-20(12-17(3,4)22)16(21)18-11-14-9-8-13(2)10-15(14)19(5)6/h8-10,22H,7,11-12H2,1-6H3,(H,18,21). The smallest absolute Gasteiger partial charge is 0.317 e. The summed E-state index contributed by atoms with van der Waals surface area (Å²) >= 11 is 0. The molecule has 0 spiro atoms. The first kappa shape index (κ1) is 18.3. The fraction of sp³-hybridized carbons (Fsp3) is 0.588. The van der Waals surface area contributed by atoms with Gasteiger partial charge in [-0.2, -0.15) is 0 Å². The zero-order chi connectivity index (χ0) is 16.9. The van der Waals surface area contributed by atoms with E-state index in [2.05, 4.69) is 18.3 Å². The van der Waals surface area contributed by atoms with Crippen molar-refractivity contribution in [2.45, 2.75) is 39.8 Å². The quantitative estimate of drug-likeness (QED) is 0.848. The molecule has 0 bridgehead atoms. The highest BCUT2D eigenvalue weighted by atomic mass is 16.3. The third-order valence-corrected chi connectivity index (χ3v) is 3.40. The number of aliphatic hydroxyl groups is 1. The summed E-state index contributed by atoms with van der Waals surface area (Å²) in [6, 6.07) is 6.03. The molecule has 0 saturated heterocycles. The third-order valence-electron chi connectivity index (χ3n) is 3.40. The zero-order valence-corrected chi connectivity index (χ0v) is 14.6. The number of urea groups is 1. The average molecular weight is 307 g/mol. The lowest BCUT2D eigenvalue weighted by Crippen LogP contribution is -2.46. The first-order chi connectivity index (χ1) is 10.1. The molecule has 0 radical (unpaired) electrons. The van der Waals surface area contributed by atoms with Crippen LogP contribution in [0.15, 0.2) is 18.2 Å². The number of nitrogens with one attached hydrogen (secondary N) is 1. The molecule has 5 nitrogen and oxygen atoms in total. The van der Waals surface area contributed by atoms with Gasteiger partial charge in [0.1, 0.15) is 0 Å². The van der Waals surface area contributed by atoms with E-state index >= 15 is 0 Å². The average Bonchev–Trinajstić information content (AvgIpc) is 2.41. The normalized spacial score (nSPS) is 11.2. The lowest BCUT2D eigenvalue weighted by molar-refractivity contribution is 0.0480. The maximum Gasteiger partial charge on any atom is 0.317 e. The Morgan fingerprint density at radius 3 is 2.45 bits per heavy atom. The Hall–Kier alpha value is -1.75. The second-order valence-electron chi connectivity index (χ2n) is 6.51. The number of amides is 2. The van der Waals surface area contributed by atoms with Crippen molar-refractivity contribution in [3.8, 4) is 0 Å². The van der Waals surface area contributed by atoms with Gasteiger partial charge in [-0.25, -0.2) is 4.79 Å². The Morgan fingerprint density at radius 1 is 1.32 bits per heavy atom. The van der Waals surface area contributed by atoms with Gasteiger partial charge in [0.15, 0.2) is 0 Å². The molecule has 0 atom stereocenters. The molecule has 1 aromatic carbocycles. The molecule has 2 N–H and O–H groups in total. The number of carbonyl (C=O) groups is 1. The molecule has 0 aliphatic rings. The van der Waals surface area contributed by atoms with Gasteiger partial charge in [-0.05, 0) is 44.9 Å². The molecule has 0 heterocycles. The van der Waals surface area contributed by atoms with Crippen molar-refractivity contribution < 1.29 is 9.90 Å². The Morgan fingerprint density at radius 2 is 1.95 bits per heavy atom. The van der Waals surface area contributed by atoms with E-state index in [-0.39, 0.29) is 6.03 Å². The van der Waals surface area contributed by atoms with E-state index in [1.165, 1.54) is 5.56 Å². The minimum Gasteiger partial charge on any atom is -0.389 e. The fourth-order valence-electron chi connectivity index (χ4n) is 2.32. The Balaban J connectivity index is 2.75. The number of likely N-dealkylation sites (N-methyl/N-ethyl adjacent to an activating group) is 1. The number of aryl methyl sites for hydroxylation is 1. The number of anilines is 1. The number of carbonyl (C=O) groups excluding carboxylic acids is 1. The molecule has 0 saturated carbocycles. The van der Waals surface area contributed by atoms with E-state index in [1.807, 2.05) is 38.1 Å². The van der Waals surface area contributed by atoms with Crippen molar-refractivity contribution in [1.29, 1.82) is 0 Å². The Kier molecular flexibility index (Phi) is 6.23. The van der Waals surface area contributed by atoms with E-state index in [0.717, 1.165) is 11.3 Å². The number of nitrogens with zero attached hydrogens (tertiary/aromatic N) is 2. The monoisotopic (exact) mass is 307 g/mol. The summed E-state index contributed by atoms with van der Waals surface area (Å²) in [7, 11) is 3.99. The molecule has 0 fully saturated rings. The maximum atomic E-state index is 12.3. The van der Waals surface area contributed by atoms with Gasteiger partial charge in [0, 0.05) is 32.9 Å². The van der Waals surface area contributed by atoms with Crippen LogP contribution < -0.4 is 10.2 Å². The van der Waals surface area contributed by atoms with Crippen LogP contribution in [0.1, 0.15) is 31.9 Å². The molecule has 0 aromatic heterocycles. The summed E-state index contributed by atoms with van der Waals surface area (Å²) in [4.78, 5) is 15.9. The van der Waals surface area contributed by atoms with Gasteiger partial charge in [0.25, 0.3) is 0 Å². The molecule has 22 heavy (non-hydrogen) atoms. The van der Waals surface area contributed by atoms with Crippen molar-refractivity contribution in [3.63, 3.8) is 0 Å². The largest absolute Gasteiger partial charge is 0.389 e. The van der Waals surface area contributed by atoms with Gasteiger partial charge in [0.05, 0.1) is 12.1 Å². The summed E-state index contributed by atoms with van der Waals surface area (Å²) in [6.07, 6.45) is 0. The van der Waals surface area contributed by atoms with Crippen LogP contribution in [0.3, 0.4) is 0 Å². The molecule has 0 aliphatic carbocycles. The van der Waals surface area contributed by atoms with E-state index in [4.69, 9.17) is 0 Å². The highest BCUT2D eigenvalue weighted by Gasteiger charge is 2.21. The first-order valence-corrected chi connectivity index (χ1v) is 7.66. The van der Waals surface area contributed by atoms with Crippen LogP contribution in [0.25, 0.3) is 0 Å². The summed E-state index contributed by atoms with van der Waals surface area (Å²) in [5, 5.41) is 12.8. The second-order valence-corrected chi connectivity index (χ2v) is 6.51. The number of rotatable bonds is 6. The van der Waals surface area contributed by atoms with Crippen LogP contribution in [0.4, 0.5) is 10.5 Å². The van der Waals surface area contributed by atoms with Crippen molar-refractivity contribution in [3.05, 3.63) is 29.3 Å². The zero-order valence-electron chi connectivity index (χ0n) is 14.6. The van der Waals surface area contributed by atoms with Crippen molar-refractivity contribution >= 4 is 11.7 Å². The maximum absolute atomic E-state index is 12.3. The van der Waals surface area contributed by atoms with Gasteiger partial charge in [-0.3, -0.25) is 0 Å². The topological polar surface area (TPSA) is 55.8 Å². The highest BCUT2D eigenvalue weighted by Crippen LogP contribution is 2.20. The molecular formula is C17H29N3O2. The lowest BCUT2D eigenvalue weighted by atomic mass is 10.1. The molecule has 1 rings (SSSR count). The lowest BCUT2D eigenvalue weighted by Gasteiger charge is -2.28. The summed E-state index contributed by atoms with van der Waals surface area (Å²) < 4.78 is 0. The summed E-state index contributed by atoms with van der Waals surface area (Å²) in [6.45, 7) is 8.70. The van der Waals surface area contributed by atoms with Crippen LogP contribution in [0.5, 0.6) is 0 Å². The molecule has 124 valence electrons. The van der Waals surface area contributed by atoms with E-state index in [0.29, 0.717) is 19.6 Å². The van der Waals surface area contributed by atoms with Gasteiger partial charge in [-0.15, -0.1) is 0 Å². The molecule has 0 aliphatic heterocycles. The Bertz CT molecular complexity index is 507. The van der Waals surface area contributed by atoms with Crippen molar-refractivity contribution in [2.75, 3.05) is 32.1 Å². The van der Waals surface area contributed by atoms with Gasteiger partial charge in [0.2, 0.25) is 0 Å². The molecule has 2 amide bonds. The third kappa shape index (κ3) is 5.56. The molecule has 1 aromatic rings. The Labute approximate surface area is 133 Å². The fourth-order valence-corrected chi connectivity index (χ4v) is 2.32. The van der Waals surface area contributed by atoms with Crippen LogP contribution in [0, 0.1) is 6.92 Å². The van der Waals surface area contributed by atoms with Crippen LogP contribution in [0.2, 0.25) is 0 Å². The minimum absolute atomic E-state index is 0.157. The summed E-state index contributed by atoms with van der Waals surface area (Å²) in [5.74, 6) is 0. The van der Waals surface area contributed by atoms with Gasteiger partial charge in [-0.1, -0.05) is 12.1 Å². The van der Waals surface area contributed by atoms with E-state index in [9.17, 15) is 9.90 Å². The highest BCUT2D eigenvalue weighted by molar-refractivity contribution is 5.74. The first-order valence-electron chi connectivity index (χ1n) is 7.66. The molecule has 0 unspecified atom stereocenters. The van der Waals surface area contributed by atoms with Crippen LogP contribution >= 0.6 is 0 Å². The SMILES string of the molecule is CCN(CC(C)(C)O)C(=O)NCc1ccc(C)cc1N(C)C. The van der Waals surface area contributed by atoms with Gasteiger partial charge < -0.3 is 20.2 Å². The minimum atomic E-state index is -0.897. The molecular weight excluding hydrogens is 278 g/mol. The van der Waals surface area contributed by atoms with E-state index in [1.54, 1.807) is 18.7 Å². The van der Waals surface area contributed by atoms with Crippen molar-refractivity contribution in [1.82, 2.24) is 10.2 Å². The van der Waals surface area contributed by atoms with Gasteiger partial charge >= 0.3 is 6.03 Å². The summed E-state index contributed by atoms with van der Waals surface area (Å²) in [5.41, 5.74) is 2.47. The number of hydrogen-bond donors (Lipinski definition) is 2. The number of benzene rings is 1. The predicted octanol–water partition coefficient (Wildman–Crippen LogP) is 2.36. The second kappa shape index (κ2) is 7.49. The molecule has 5 heteroatoms. The number of hydrogen-bond acceptors (Lipinski definition) is 3. The van der Waals surface area contributed by atoms with Crippen molar-refractivity contribution in [2.24, 2.45) is 0 Å².